The van der Waals surface area contributed by atoms with Crippen LogP contribution in [0.5, 0.6) is 0 Å². The van der Waals surface area contributed by atoms with Gasteiger partial charge in [0.25, 0.3) is 5.91 Å². The number of furan rings is 1. The summed E-state index contributed by atoms with van der Waals surface area (Å²) in [7, 11) is 0. The first-order chi connectivity index (χ1) is 13.1. The fourth-order valence-corrected chi connectivity index (χ4v) is 3.81. The van der Waals surface area contributed by atoms with Gasteiger partial charge in [0.2, 0.25) is 11.8 Å². The molecule has 2 aliphatic rings. The zero-order chi connectivity index (χ0) is 19.1. The summed E-state index contributed by atoms with van der Waals surface area (Å²) in [6.07, 6.45) is 8.95. The van der Waals surface area contributed by atoms with Gasteiger partial charge in [-0.1, -0.05) is 6.42 Å². The molecule has 0 saturated carbocycles. The zero-order valence-electron chi connectivity index (χ0n) is 15.8. The van der Waals surface area contributed by atoms with Gasteiger partial charge in [-0.15, -0.1) is 0 Å². The zero-order valence-corrected chi connectivity index (χ0v) is 15.8. The molecule has 3 rings (SSSR count). The average molecular weight is 375 g/mol. The standard InChI is InChI=1S/C20H29N3O4/c24-18-5-2-1-3-10-22(18)11-4-9-21-19(25)16-6-12-23(13-7-16)20(26)17-8-14-27-15-17/h8,14-16H,1-7,9-13H2,(H,21,25). The van der Waals surface area contributed by atoms with Crippen molar-refractivity contribution >= 4 is 17.7 Å². The first kappa shape index (κ1) is 19.5. The van der Waals surface area contributed by atoms with Crippen LogP contribution in [0.1, 0.15) is 55.3 Å². The van der Waals surface area contributed by atoms with Crippen LogP contribution in [0.3, 0.4) is 0 Å². The third kappa shape index (κ3) is 5.34. The van der Waals surface area contributed by atoms with Crippen LogP contribution in [0.15, 0.2) is 23.0 Å². The van der Waals surface area contributed by atoms with Crippen LogP contribution in [0, 0.1) is 5.92 Å². The summed E-state index contributed by atoms with van der Waals surface area (Å²) in [5.74, 6) is 0.226. The molecule has 7 heteroatoms. The first-order valence-corrected chi connectivity index (χ1v) is 10.0. The molecular formula is C20H29N3O4. The second-order valence-electron chi connectivity index (χ2n) is 7.41. The lowest BCUT2D eigenvalue weighted by atomic mass is 9.95. The topological polar surface area (TPSA) is 82.9 Å². The number of rotatable bonds is 6. The molecule has 3 heterocycles. The molecule has 0 aromatic carbocycles. The summed E-state index contributed by atoms with van der Waals surface area (Å²) >= 11 is 0. The van der Waals surface area contributed by atoms with Gasteiger partial charge in [-0.3, -0.25) is 14.4 Å². The average Bonchev–Trinajstić information content (AvgIpc) is 3.15. The molecule has 1 N–H and O–H groups in total. The van der Waals surface area contributed by atoms with Gasteiger partial charge in [0.05, 0.1) is 11.8 Å². The van der Waals surface area contributed by atoms with Crippen molar-refractivity contribution in [2.45, 2.75) is 44.9 Å². The van der Waals surface area contributed by atoms with Crippen LogP contribution in [-0.2, 0) is 9.59 Å². The van der Waals surface area contributed by atoms with Gasteiger partial charge < -0.3 is 19.5 Å². The molecule has 0 unspecified atom stereocenters. The largest absolute Gasteiger partial charge is 0.472 e. The lowest BCUT2D eigenvalue weighted by Gasteiger charge is -2.31. The third-order valence-corrected chi connectivity index (χ3v) is 5.50. The van der Waals surface area contributed by atoms with Gasteiger partial charge >= 0.3 is 0 Å². The first-order valence-electron chi connectivity index (χ1n) is 10.0. The quantitative estimate of drug-likeness (QED) is 0.772. The van der Waals surface area contributed by atoms with E-state index in [4.69, 9.17) is 4.42 Å². The van der Waals surface area contributed by atoms with Crippen molar-refractivity contribution in [3.8, 4) is 0 Å². The minimum absolute atomic E-state index is 0.0373. The summed E-state index contributed by atoms with van der Waals surface area (Å²) in [6, 6.07) is 1.66. The van der Waals surface area contributed by atoms with Crippen molar-refractivity contribution in [3.05, 3.63) is 24.2 Å². The monoisotopic (exact) mass is 375 g/mol. The van der Waals surface area contributed by atoms with E-state index < -0.39 is 0 Å². The van der Waals surface area contributed by atoms with E-state index in [1.54, 1.807) is 11.0 Å². The molecule has 2 saturated heterocycles. The third-order valence-electron chi connectivity index (χ3n) is 5.50. The number of nitrogens with zero attached hydrogens (tertiary/aromatic N) is 2. The number of hydrogen-bond acceptors (Lipinski definition) is 4. The molecule has 0 bridgehead atoms. The Kier molecular flexibility index (Phi) is 6.90. The molecule has 27 heavy (non-hydrogen) atoms. The molecule has 3 amide bonds. The number of carbonyl (C=O) groups is 3. The van der Waals surface area contributed by atoms with Crippen molar-refractivity contribution in [3.63, 3.8) is 0 Å². The molecule has 1 aromatic heterocycles. The molecule has 0 spiro atoms. The number of nitrogens with one attached hydrogen (secondary N) is 1. The van der Waals surface area contributed by atoms with Gasteiger partial charge in [0, 0.05) is 45.1 Å². The molecule has 0 radical (unpaired) electrons. The minimum Gasteiger partial charge on any atom is -0.472 e. The second-order valence-corrected chi connectivity index (χ2v) is 7.41. The van der Waals surface area contributed by atoms with Gasteiger partial charge in [-0.05, 0) is 38.2 Å². The Morgan fingerprint density at radius 1 is 1.15 bits per heavy atom. The van der Waals surface area contributed by atoms with Gasteiger partial charge in [0.15, 0.2) is 0 Å². The summed E-state index contributed by atoms with van der Waals surface area (Å²) in [4.78, 5) is 40.3. The lowest BCUT2D eigenvalue weighted by Crippen LogP contribution is -2.43. The minimum atomic E-state index is -0.0433. The van der Waals surface area contributed by atoms with Crippen LogP contribution >= 0.6 is 0 Å². The highest BCUT2D eigenvalue weighted by Gasteiger charge is 2.28. The van der Waals surface area contributed by atoms with Crippen molar-refractivity contribution in [2.24, 2.45) is 5.92 Å². The fourth-order valence-electron chi connectivity index (χ4n) is 3.81. The molecule has 148 valence electrons. The Hall–Kier alpha value is -2.31. The summed E-state index contributed by atoms with van der Waals surface area (Å²) in [5.41, 5.74) is 0.556. The van der Waals surface area contributed by atoms with E-state index >= 15 is 0 Å². The lowest BCUT2D eigenvalue weighted by molar-refractivity contribution is -0.130. The highest BCUT2D eigenvalue weighted by Crippen LogP contribution is 2.19. The number of amides is 3. The molecule has 1 aromatic rings. The second kappa shape index (κ2) is 9.58. The van der Waals surface area contributed by atoms with E-state index in [-0.39, 0.29) is 23.6 Å². The van der Waals surface area contributed by atoms with Gasteiger partial charge in [0.1, 0.15) is 6.26 Å². The summed E-state index contributed by atoms with van der Waals surface area (Å²) in [6.45, 7) is 3.33. The predicted octanol–water partition coefficient (Wildman–Crippen LogP) is 2.04. The molecule has 0 atom stereocenters. The van der Waals surface area contributed by atoms with Crippen LogP contribution < -0.4 is 5.32 Å². The summed E-state index contributed by atoms with van der Waals surface area (Å²) < 4.78 is 4.96. The molecule has 2 aliphatic heterocycles. The highest BCUT2D eigenvalue weighted by atomic mass is 16.3. The van der Waals surface area contributed by atoms with Crippen LogP contribution in [0.25, 0.3) is 0 Å². The van der Waals surface area contributed by atoms with Crippen molar-refractivity contribution in [1.82, 2.24) is 15.1 Å². The van der Waals surface area contributed by atoms with E-state index in [0.717, 1.165) is 38.8 Å². The number of piperidine rings is 1. The SMILES string of the molecule is O=C(NCCCN1CCCCCC1=O)C1CCN(C(=O)c2ccoc2)CC1. The summed E-state index contributed by atoms with van der Waals surface area (Å²) in [5, 5.41) is 3.00. The highest BCUT2D eigenvalue weighted by molar-refractivity contribution is 5.94. The maximum Gasteiger partial charge on any atom is 0.257 e. The van der Waals surface area contributed by atoms with Crippen LogP contribution in [-0.4, -0.2) is 60.2 Å². The van der Waals surface area contributed by atoms with E-state index in [1.807, 2.05) is 4.90 Å². The predicted molar refractivity (Wildman–Crippen MR) is 100 cm³/mol. The molecule has 7 nitrogen and oxygen atoms in total. The molecular weight excluding hydrogens is 346 g/mol. The Bertz CT molecular complexity index is 636. The van der Waals surface area contributed by atoms with Crippen molar-refractivity contribution in [1.29, 1.82) is 0 Å². The van der Waals surface area contributed by atoms with E-state index in [2.05, 4.69) is 5.32 Å². The van der Waals surface area contributed by atoms with Crippen LogP contribution in [0.4, 0.5) is 0 Å². The normalized spacial score (nSPS) is 19.0. The molecule has 0 aliphatic carbocycles. The number of hydrogen-bond donors (Lipinski definition) is 1. The maximum atomic E-state index is 12.4. The van der Waals surface area contributed by atoms with Crippen molar-refractivity contribution in [2.75, 3.05) is 32.7 Å². The Balaban J connectivity index is 1.33. The Morgan fingerprint density at radius 3 is 2.70 bits per heavy atom. The maximum absolute atomic E-state index is 12.4. The van der Waals surface area contributed by atoms with E-state index in [9.17, 15) is 14.4 Å². The molecule has 2 fully saturated rings. The Morgan fingerprint density at radius 2 is 1.96 bits per heavy atom. The van der Waals surface area contributed by atoms with Crippen LogP contribution in [0.2, 0.25) is 0 Å². The smallest absolute Gasteiger partial charge is 0.257 e. The Labute approximate surface area is 160 Å². The van der Waals surface area contributed by atoms with E-state index in [0.29, 0.717) is 44.5 Å². The van der Waals surface area contributed by atoms with E-state index in [1.165, 1.54) is 12.5 Å². The van der Waals surface area contributed by atoms with Crippen molar-refractivity contribution < 1.29 is 18.8 Å². The number of carbonyl (C=O) groups excluding carboxylic acids is 3. The van der Waals surface area contributed by atoms with Gasteiger partial charge in [-0.2, -0.15) is 0 Å². The number of likely N-dealkylation sites (tertiary alicyclic amines) is 2. The fraction of sp³-hybridized carbons (Fsp3) is 0.650. The van der Waals surface area contributed by atoms with Gasteiger partial charge in [-0.25, -0.2) is 0 Å².